The number of hydrogen-bond acceptors (Lipinski definition) is 6. The van der Waals surface area contributed by atoms with E-state index in [0.717, 1.165) is 0 Å². The van der Waals surface area contributed by atoms with Gasteiger partial charge < -0.3 is 14.2 Å². The van der Waals surface area contributed by atoms with Gasteiger partial charge in [0.2, 0.25) is 0 Å². The van der Waals surface area contributed by atoms with Gasteiger partial charge in [-0.2, -0.15) is 13.7 Å². The zero-order valence-corrected chi connectivity index (χ0v) is 20.8. The monoisotopic (exact) mass is 594 g/mol. The molecule has 1 amide bonds. The molecule has 0 atom stereocenters. The molecule has 0 saturated heterocycles. The van der Waals surface area contributed by atoms with Crippen LogP contribution in [0, 0.1) is 14.9 Å². The normalized spacial score (nSPS) is 11.4. The SMILES string of the molecule is COc1cc(/C=C(\C#N)C(=O)Nc2ccc(Cl)cc2)cc(I)c1OS(=O)(=O)c1ccccc1. The topological polar surface area (TPSA) is 105 Å². The average Bonchev–Trinajstić information content (AvgIpc) is 2.80. The minimum atomic E-state index is -4.09. The average molecular weight is 595 g/mol. The number of methoxy groups -OCH3 is 1. The maximum Gasteiger partial charge on any atom is 0.339 e. The minimum Gasteiger partial charge on any atom is -0.493 e. The third-order valence-corrected chi connectivity index (χ3v) is 6.54. The molecule has 3 aromatic carbocycles. The Bertz CT molecular complexity index is 1350. The number of rotatable bonds is 7. The second-order valence-electron chi connectivity index (χ2n) is 6.52. The Morgan fingerprint density at radius 3 is 2.39 bits per heavy atom. The molecule has 0 radical (unpaired) electrons. The second-order valence-corrected chi connectivity index (χ2v) is 9.66. The number of halogens is 2. The lowest BCUT2D eigenvalue weighted by Gasteiger charge is -2.13. The number of nitrogens with one attached hydrogen (secondary N) is 1. The lowest BCUT2D eigenvalue weighted by Crippen LogP contribution is -2.13. The summed E-state index contributed by atoms with van der Waals surface area (Å²) in [5, 5.41) is 12.6. The molecule has 0 aliphatic heterocycles. The summed E-state index contributed by atoms with van der Waals surface area (Å²) in [6.45, 7) is 0. The molecular weight excluding hydrogens is 579 g/mol. The van der Waals surface area contributed by atoms with E-state index in [1.165, 1.54) is 31.4 Å². The van der Waals surface area contributed by atoms with E-state index < -0.39 is 16.0 Å². The summed E-state index contributed by atoms with van der Waals surface area (Å²) in [6, 6.07) is 19.1. The highest BCUT2D eigenvalue weighted by Gasteiger charge is 2.22. The summed E-state index contributed by atoms with van der Waals surface area (Å²) in [7, 11) is -2.73. The lowest BCUT2D eigenvalue weighted by molar-refractivity contribution is -0.112. The van der Waals surface area contributed by atoms with E-state index in [2.05, 4.69) is 5.32 Å². The van der Waals surface area contributed by atoms with Crippen LogP contribution >= 0.6 is 34.2 Å². The molecule has 7 nitrogen and oxygen atoms in total. The molecule has 0 saturated carbocycles. The summed E-state index contributed by atoms with van der Waals surface area (Å²) in [6.07, 6.45) is 1.37. The number of anilines is 1. The summed E-state index contributed by atoms with van der Waals surface area (Å²) < 4.78 is 36.3. The fraction of sp³-hybridized carbons (Fsp3) is 0.0435. The van der Waals surface area contributed by atoms with E-state index in [-0.39, 0.29) is 22.0 Å². The van der Waals surface area contributed by atoms with Gasteiger partial charge in [0.25, 0.3) is 5.91 Å². The fourth-order valence-corrected chi connectivity index (χ4v) is 4.68. The Morgan fingerprint density at radius 1 is 1.12 bits per heavy atom. The fourth-order valence-electron chi connectivity index (χ4n) is 2.70. The van der Waals surface area contributed by atoms with Crippen molar-refractivity contribution in [3.63, 3.8) is 0 Å². The van der Waals surface area contributed by atoms with Crippen molar-refractivity contribution in [1.82, 2.24) is 0 Å². The molecule has 3 aromatic rings. The molecule has 10 heteroatoms. The van der Waals surface area contributed by atoms with Crippen LogP contribution in [0.4, 0.5) is 5.69 Å². The molecule has 0 spiro atoms. The van der Waals surface area contributed by atoms with E-state index in [9.17, 15) is 18.5 Å². The highest BCUT2D eigenvalue weighted by Crippen LogP contribution is 2.36. The number of ether oxygens (including phenoxy) is 1. The van der Waals surface area contributed by atoms with Crippen LogP contribution in [0.5, 0.6) is 11.5 Å². The molecule has 0 aromatic heterocycles. The largest absolute Gasteiger partial charge is 0.493 e. The second kappa shape index (κ2) is 10.7. The zero-order valence-electron chi connectivity index (χ0n) is 17.1. The van der Waals surface area contributed by atoms with Gasteiger partial charge in [0.1, 0.15) is 16.5 Å². The molecule has 0 bridgehead atoms. The van der Waals surface area contributed by atoms with Crippen LogP contribution in [-0.4, -0.2) is 21.4 Å². The van der Waals surface area contributed by atoms with Gasteiger partial charge >= 0.3 is 10.1 Å². The van der Waals surface area contributed by atoms with Gasteiger partial charge in [0, 0.05) is 10.7 Å². The van der Waals surface area contributed by atoms with Gasteiger partial charge in [-0.3, -0.25) is 4.79 Å². The quantitative estimate of drug-likeness (QED) is 0.173. The molecule has 3 rings (SSSR count). The Morgan fingerprint density at radius 2 is 1.79 bits per heavy atom. The first-order valence-electron chi connectivity index (χ1n) is 9.29. The first-order valence-corrected chi connectivity index (χ1v) is 12.2. The van der Waals surface area contributed by atoms with Crippen molar-refractivity contribution in [2.45, 2.75) is 4.90 Å². The molecule has 0 heterocycles. The van der Waals surface area contributed by atoms with Crippen LogP contribution in [0.25, 0.3) is 6.08 Å². The smallest absolute Gasteiger partial charge is 0.339 e. The number of benzene rings is 3. The molecular formula is C23H16ClIN2O5S. The van der Waals surface area contributed by atoms with Gasteiger partial charge in [-0.15, -0.1) is 0 Å². The summed E-state index contributed by atoms with van der Waals surface area (Å²) in [5.41, 5.74) is 0.768. The van der Waals surface area contributed by atoms with Crippen molar-refractivity contribution >= 4 is 62.0 Å². The van der Waals surface area contributed by atoms with Crippen molar-refractivity contribution < 1.29 is 22.1 Å². The van der Waals surface area contributed by atoms with Gasteiger partial charge in [0.15, 0.2) is 11.5 Å². The van der Waals surface area contributed by atoms with E-state index >= 15 is 0 Å². The van der Waals surface area contributed by atoms with Crippen LogP contribution in [0.2, 0.25) is 5.02 Å². The van der Waals surface area contributed by atoms with Crippen molar-refractivity contribution in [3.8, 4) is 17.6 Å². The number of carbonyl (C=O) groups excluding carboxylic acids is 1. The van der Waals surface area contributed by atoms with Crippen molar-refractivity contribution in [1.29, 1.82) is 5.26 Å². The van der Waals surface area contributed by atoms with Crippen LogP contribution in [0.15, 0.2) is 77.2 Å². The van der Waals surface area contributed by atoms with Crippen molar-refractivity contribution in [2.75, 3.05) is 12.4 Å². The molecule has 0 fully saturated rings. The Kier molecular flexibility index (Phi) is 7.97. The standard InChI is InChI=1S/C23H16ClIN2O5S/c1-31-21-13-15(11-16(14-26)23(28)27-18-9-7-17(24)8-10-18)12-20(25)22(21)32-33(29,30)19-5-3-2-4-6-19/h2-13H,1H3,(H,27,28)/b16-11+. The van der Waals surface area contributed by atoms with Gasteiger partial charge in [-0.1, -0.05) is 29.8 Å². The number of nitrogens with zero attached hydrogens (tertiary/aromatic N) is 1. The molecule has 0 aliphatic rings. The number of hydrogen-bond donors (Lipinski definition) is 1. The Labute approximate surface area is 209 Å². The lowest BCUT2D eigenvalue weighted by atomic mass is 10.1. The van der Waals surface area contributed by atoms with Gasteiger partial charge in [-0.05, 0) is 82.8 Å². The summed E-state index contributed by atoms with van der Waals surface area (Å²) in [4.78, 5) is 12.5. The maximum absolute atomic E-state index is 12.6. The number of amides is 1. The highest BCUT2D eigenvalue weighted by atomic mass is 127. The highest BCUT2D eigenvalue weighted by molar-refractivity contribution is 14.1. The molecule has 168 valence electrons. The molecule has 1 N–H and O–H groups in total. The summed E-state index contributed by atoms with van der Waals surface area (Å²) >= 11 is 7.74. The zero-order chi connectivity index (χ0) is 24.0. The van der Waals surface area contributed by atoms with Gasteiger partial charge in [0.05, 0.1) is 10.7 Å². The number of nitriles is 1. The predicted octanol–water partition coefficient (Wildman–Crippen LogP) is 5.27. The number of carbonyl (C=O) groups is 1. The van der Waals surface area contributed by atoms with Gasteiger partial charge in [-0.25, -0.2) is 0 Å². The van der Waals surface area contributed by atoms with E-state index in [1.54, 1.807) is 48.5 Å². The van der Waals surface area contributed by atoms with Crippen LogP contribution in [0.3, 0.4) is 0 Å². The molecule has 33 heavy (non-hydrogen) atoms. The van der Waals surface area contributed by atoms with Crippen molar-refractivity contribution in [2.24, 2.45) is 0 Å². The van der Waals surface area contributed by atoms with E-state index in [0.29, 0.717) is 19.8 Å². The van der Waals surface area contributed by atoms with Crippen molar-refractivity contribution in [3.05, 3.63) is 86.5 Å². The van der Waals surface area contributed by atoms with Crippen LogP contribution < -0.4 is 14.2 Å². The molecule has 0 aliphatic carbocycles. The van der Waals surface area contributed by atoms with Crippen LogP contribution in [0.1, 0.15) is 5.56 Å². The third-order valence-electron chi connectivity index (χ3n) is 4.25. The first kappa shape index (κ1) is 24.6. The summed E-state index contributed by atoms with van der Waals surface area (Å²) in [5.74, 6) is -0.480. The minimum absolute atomic E-state index is 0.00235. The van der Waals surface area contributed by atoms with E-state index in [1.807, 2.05) is 28.7 Å². The molecule has 0 unspecified atom stereocenters. The Hall–Kier alpha value is -3.07. The van der Waals surface area contributed by atoms with Crippen LogP contribution in [-0.2, 0) is 14.9 Å². The maximum atomic E-state index is 12.6. The predicted molar refractivity (Wildman–Crippen MR) is 134 cm³/mol. The Balaban J connectivity index is 1.90. The first-order chi connectivity index (χ1) is 15.7. The third kappa shape index (κ3) is 6.25. The van der Waals surface area contributed by atoms with E-state index in [4.69, 9.17) is 20.5 Å².